The first-order valence-electron chi connectivity index (χ1n) is 7.23. The molecule has 0 saturated heterocycles. The summed E-state index contributed by atoms with van der Waals surface area (Å²) >= 11 is -0.863. The van der Waals surface area contributed by atoms with Crippen LogP contribution in [0.4, 0.5) is 0 Å². The molecule has 0 heterocycles. The van der Waals surface area contributed by atoms with E-state index in [2.05, 4.69) is 86.5 Å². The van der Waals surface area contributed by atoms with Crippen LogP contribution in [0.25, 0.3) is 0 Å². The third kappa shape index (κ3) is 5.77. The molecule has 0 atom stereocenters. The van der Waals surface area contributed by atoms with Crippen molar-refractivity contribution in [2.45, 2.75) is 13.1 Å². The summed E-state index contributed by atoms with van der Waals surface area (Å²) in [6, 6.07) is 17.9. The first-order valence-corrected chi connectivity index (χ1v) is 10.7. The van der Waals surface area contributed by atoms with Crippen LogP contribution < -0.4 is 6.54 Å². The van der Waals surface area contributed by atoms with E-state index in [1.165, 1.54) is 11.1 Å². The van der Waals surface area contributed by atoms with Crippen LogP contribution in [0.15, 0.2) is 48.5 Å². The van der Waals surface area contributed by atoms with Crippen molar-refractivity contribution in [3.05, 3.63) is 59.7 Å². The Bertz CT molecular complexity index is 533. The molecule has 0 amide bonds. The Morgan fingerprint density at radius 1 is 0.682 bits per heavy atom. The molecule has 2 aromatic rings. The van der Waals surface area contributed by atoms with Gasteiger partial charge in [-0.3, -0.25) is 0 Å². The van der Waals surface area contributed by atoms with Crippen LogP contribution in [0.2, 0.25) is 0 Å². The Kier molecular flexibility index (Phi) is 8.20. The predicted octanol–water partition coefficient (Wildman–Crippen LogP) is 0.640. The summed E-state index contributed by atoms with van der Waals surface area (Å²) in [6.07, 6.45) is 0. The fraction of sp³-hybridized carbons (Fsp3) is 0.333. The molecule has 119 valence electrons. The number of nitrogens with zero attached hydrogens (tertiary/aromatic N) is 2. The van der Waals surface area contributed by atoms with Gasteiger partial charge in [-0.1, -0.05) is 0 Å². The molecule has 3 nitrogen and oxygen atoms in total. The Balaban J connectivity index is 0.00000242. The van der Waals surface area contributed by atoms with Gasteiger partial charge in [0.25, 0.3) is 0 Å². The monoisotopic (exact) mass is 495 g/mol. The maximum atomic E-state index is 2.34. The Morgan fingerprint density at radius 3 is 1.41 bits per heavy atom. The van der Waals surface area contributed by atoms with E-state index >= 15 is 0 Å². The number of benzene rings is 2. The Hall–Kier alpha value is -0.797. The summed E-state index contributed by atoms with van der Waals surface area (Å²) in [7, 11) is 8.57. The van der Waals surface area contributed by atoms with Gasteiger partial charge in [0.15, 0.2) is 0 Å². The average Bonchev–Trinajstić information content (AvgIpc) is 2.42. The van der Waals surface area contributed by atoms with Gasteiger partial charge in [0.05, 0.1) is 0 Å². The van der Waals surface area contributed by atoms with Crippen LogP contribution in [0.1, 0.15) is 11.1 Å². The molecule has 0 unspecified atom stereocenters. The van der Waals surface area contributed by atoms with Gasteiger partial charge in [-0.05, 0) is 0 Å². The fourth-order valence-corrected chi connectivity index (χ4v) is 6.82. The number of hydrogen-bond donors (Lipinski definition) is 0. The van der Waals surface area contributed by atoms with Crippen LogP contribution in [-0.4, -0.2) is 66.7 Å². The predicted molar refractivity (Wildman–Crippen MR) is 96.3 cm³/mol. The minimum Gasteiger partial charge on any atom is -0.412 e. The molecule has 2 N–H and O–H groups in total. The molecule has 1 radical (unpaired) electrons. The van der Waals surface area contributed by atoms with Crippen molar-refractivity contribution < 1.29 is 5.48 Å². The second kappa shape index (κ2) is 9.37. The molecule has 22 heavy (non-hydrogen) atoms. The van der Waals surface area contributed by atoms with Gasteiger partial charge < -0.3 is 5.48 Å². The molecule has 0 spiro atoms. The largest absolute Gasteiger partial charge is 0.412 e. The van der Waals surface area contributed by atoms with Gasteiger partial charge in [0, 0.05) is 0 Å². The normalized spacial score (nSPS) is 10.8. The molecule has 0 bridgehead atoms. The summed E-state index contributed by atoms with van der Waals surface area (Å²) < 4.78 is 3.22. The molecule has 2 rings (SSSR count). The van der Waals surface area contributed by atoms with Gasteiger partial charge in [-0.2, -0.15) is 0 Å². The van der Waals surface area contributed by atoms with Crippen molar-refractivity contribution in [2.24, 2.45) is 0 Å². The molecule has 4 heteroatoms. The smallest absolute Gasteiger partial charge is 0.412 e. The Labute approximate surface area is 145 Å². The molecule has 0 aromatic heterocycles. The Morgan fingerprint density at radius 2 is 1.05 bits per heavy atom. The molecular weight excluding hydrogens is 469 g/mol. The first-order chi connectivity index (χ1) is 10.1. The van der Waals surface area contributed by atoms with E-state index in [9.17, 15) is 0 Å². The molecular formula is C18H26BiN2O. The summed E-state index contributed by atoms with van der Waals surface area (Å²) in [4.78, 5) is 4.51. The first kappa shape index (κ1) is 19.3. The van der Waals surface area contributed by atoms with Crippen LogP contribution >= 0.6 is 0 Å². The summed E-state index contributed by atoms with van der Waals surface area (Å²) in [5.74, 6) is 0. The van der Waals surface area contributed by atoms with Gasteiger partial charge >= 0.3 is 141 Å². The van der Waals surface area contributed by atoms with Crippen LogP contribution in [0.3, 0.4) is 0 Å². The van der Waals surface area contributed by atoms with Crippen molar-refractivity contribution in [1.82, 2.24) is 9.80 Å². The van der Waals surface area contributed by atoms with Gasteiger partial charge in [0.2, 0.25) is 0 Å². The summed E-state index contributed by atoms with van der Waals surface area (Å²) in [5.41, 5.74) is 3.00. The summed E-state index contributed by atoms with van der Waals surface area (Å²) in [5, 5.41) is 0. The van der Waals surface area contributed by atoms with Crippen molar-refractivity contribution in [3.8, 4) is 0 Å². The van der Waals surface area contributed by atoms with Crippen molar-refractivity contribution in [3.63, 3.8) is 0 Å². The zero-order valence-corrected chi connectivity index (χ0v) is 17.4. The van der Waals surface area contributed by atoms with E-state index in [0.717, 1.165) is 13.1 Å². The van der Waals surface area contributed by atoms with E-state index in [1.807, 2.05) is 0 Å². The number of hydrogen-bond acceptors (Lipinski definition) is 2. The summed E-state index contributed by atoms with van der Waals surface area (Å²) in [6.45, 7) is 2.07. The molecule has 0 aliphatic heterocycles. The quantitative estimate of drug-likeness (QED) is 0.552. The minimum absolute atomic E-state index is 0. The third-order valence-electron chi connectivity index (χ3n) is 3.20. The molecule has 0 aliphatic rings. The molecule has 0 fully saturated rings. The van der Waals surface area contributed by atoms with Gasteiger partial charge in [0.1, 0.15) is 0 Å². The van der Waals surface area contributed by atoms with Gasteiger partial charge in [-0.25, -0.2) is 0 Å². The maximum Gasteiger partial charge on any atom is -0.412 e. The zero-order chi connectivity index (χ0) is 15.2. The molecule has 0 aliphatic carbocycles. The van der Waals surface area contributed by atoms with Crippen molar-refractivity contribution >= 4 is 29.8 Å². The van der Waals surface area contributed by atoms with Crippen molar-refractivity contribution in [1.29, 1.82) is 0 Å². The van der Waals surface area contributed by atoms with Crippen LogP contribution in [0.5, 0.6) is 0 Å². The van der Waals surface area contributed by atoms with E-state index in [4.69, 9.17) is 0 Å². The minimum atomic E-state index is -0.863. The third-order valence-corrected chi connectivity index (χ3v) is 8.46. The SMILES string of the molecule is CN(C)Cc1cccc[c]1[Bi][c]1ccccc1CN(C)C.O. The van der Waals surface area contributed by atoms with Crippen LogP contribution in [0, 0.1) is 0 Å². The second-order valence-electron chi connectivity index (χ2n) is 5.84. The van der Waals surface area contributed by atoms with Crippen molar-refractivity contribution in [2.75, 3.05) is 28.2 Å². The maximum absolute atomic E-state index is 2.34. The fourth-order valence-electron chi connectivity index (χ4n) is 2.32. The van der Waals surface area contributed by atoms with Crippen LogP contribution in [-0.2, 0) is 13.1 Å². The molecule has 0 saturated carbocycles. The zero-order valence-electron chi connectivity index (χ0n) is 13.9. The van der Waals surface area contributed by atoms with E-state index in [-0.39, 0.29) is 5.48 Å². The topological polar surface area (TPSA) is 38.0 Å². The van der Waals surface area contributed by atoms with E-state index in [1.54, 1.807) is 6.54 Å². The second-order valence-corrected chi connectivity index (χ2v) is 10.5. The van der Waals surface area contributed by atoms with Gasteiger partial charge in [-0.15, -0.1) is 0 Å². The average molecular weight is 495 g/mol. The number of rotatable bonds is 6. The molecule has 2 aromatic carbocycles. The van der Waals surface area contributed by atoms with E-state index < -0.39 is 23.2 Å². The van der Waals surface area contributed by atoms with E-state index in [0.29, 0.717) is 0 Å². The standard InChI is InChI=1S/2C9H12N.Bi.H2O/c2*1-10(2)8-9-6-4-3-5-7-9;;/h2*3-6H,8H2,1-2H3;;1H2.